The van der Waals surface area contributed by atoms with Gasteiger partial charge in [0.15, 0.2) is 11.5 Å². The number of nitrogens with two attached hydrogens (primary N) is 1. The Morgan fingerprint density at radius 1 is 1.21 bits per heavy atom. The van der Waals surface area contributed by atoms with Gasteiger partial charge in [0.1, 0.15) is 11.6 Å². The number of carbonyl (C=O) groups is 1. The van der Waals surface area contributed by atoms with Crippen molar-refractivity contribution in [1.29, 1.82) is 0 Å². The Balaban J connectivity index is 2.09. The van der Waals surface area contributed by atoms with E-state index >= 15 is 0 Å². The highest BCUT2D eigenvalue weighted by Crippen LogP contribution is 2.41. The number of amides is 1. The van der Waals surface area contributed by atoms with Crippen LogP contribution >= 0.6 is 15.9 Å². The minimum Gasteiger partial charge on any atom is -0.382 e. The van der Waals surface area contributed by atoms with E-state index in [4.69, 9.17) is 9.92 Å². The molecule has 2 aromatic carbocycles. The smallest absolute Gasteiger partial charge is 0.309 e. The molecule has 2 aromatic rings. The van der Waals surface area contributed by atoms with Crippen molar-refractivity contribution in [2.45, 2.75) is 18.9 Å². The average molecular weight is 484 g/mol. The van der Waals surface area contributed by atoms with Crippen molar-refractivity contribution in [3.8, 4) is 5.75 Å². The van der Waals surface area contributed by atoms with Crippen LogP contribution in [0, 0.1) is 5.82 Å². The molecule has 2 N–H and O–H groups in total. The summed E-state index contributed by atoms with van der Waals surface area (Å²) in [5.41, 5.74) is 5.23. The normalized spacial score (nSPS) is 19.4. The maximum atomic E-state index is 13.8. The fourth-order valence-electron chi connectivity index (χ4n) is 3.10. The molecule has 1 aliphatic rings. The fourth-order valence-corrected chi connectivity index (χ4v) is 4.46. The largest absolute Gasteiger partial charge is 0.382 e. The molecule has 1 heterocycles. The summed E-state index contributed by atoms with van der Waals surface area (Å²) in [4.78, 5) is 18.7. The lowest BCUT2D eigenvalue weighted by molar-refractivity contribution is -0.129. The van der Waals surface area contributed by atoms with Gasteiger partial charge in [-0.15, -0.1) is 0 Å². The number of carbonyl (C=O) groups excluding carboxylic acids is 1. The van der Waals surface area contributed by atoms with E-state index < -0.39 is 27.4 Å². The van der Waals surface area contributed by atoms with Crippen molar-refractivity contribution in [3.63, 3.8) is 0 Å². The quantitative estimate of drug-likeness (QED) is 0.636. The summed E-state index contributed by atoms with van der Waals surface area (Å²) in [5.74, 6) is -0.869. The summed E-state index contributed by atoms with van der Waals surface area (Å²) < 4.78 is 42.7. The molecular weight excluding hydrogens is 465 g/mol. The van der Waals surface area contributed by atoms with Gasteiger partial charge in [-0.05, 0) is 57.7 Å². The van der Waals surface area contributed by atoms with Gasteiger partial charge in [-0.2, -0.15) is 8.42 Å². The van der Waals surface area contributed by atoms with E-state index in [1.165, 1.54) is 42.3 Å². The van der Waals surface area contributed by atoms with Crippen LogP contribution in [0.15, 0.2) is 51.9 Å². The summed E-state index contributed by atoms with van der Waals surface area (Å²) in [6, 6.07) is 10.1. The molecule has 0 saturated carbocycles. The predicted octanol–water partition coefficient (Wildman–Crippen LogP) is 2.74. The third-order valence-electron chi connectivity index (χ3n) is 4.53. The maximum Gasteiger partial charge on any atom is 0.309 e. The third kappa shape index (κ3) is 3.86. The van der Waals surface area contributed by atoms with Crippen molar-refractivity contribution >= 4 is 37.9 Å². The molecule has 1 unspecified atom stereocenters. The molecule has 0 fully saturated rings. The molecular formula is C19H19BrFN3O4S. The summed E-state index contributed by atoms with van der Waals surface area (Å²) in [5, 5.41) is 0. The second-order valence-electron chi connectivity index (χ2n) is 6.54. The highest BCUT2D eigenvalue weighted by atomic mass is 79.9. The highest BCUT2D eigenvalue weighted by Gasteiger charge is 2.49. The van der Waals surface area contributed by atoms with Crippen LogP contribution in [-0.2, 0) is 20.5 Å². The fraction of sp³-hybridized carbons (Fsp3) is 0.263. The van der Waals surface area contributed by atoms with Crippen LogP contribution in [0.1, 0.15) is 24.5 Å². The third-order valence-corrected chi connectivity index (χ3v) is 6.49. The first-order valence-corrected chi connectivity index (χ1v) is 11.1. The maximum absolute atomic E-state index is 13.8. The Labute approximate surface area is 176 Å². The molecule has 0 aliphatic carbocycles. The monoisotopic (exact) mass is 483 g/mol. The first-order valence-electron chi connectivity index (χ1n) is 8.72. The number of hydrogen-bond acceptors (Lipinski definition) is 6. The zero-order valence-electron chi connectivity index (χ0n) is 15.7. The van der Waals surface area contributed by atoms with Crippen LogP contribution in [0.4, 0.5) is 4.39 Å². The van der Waals surface area contributed by atoms with Crippen molar-refractivity contribution in [1.82, 2.24) is 4.90 Å². The van der Waals surface area contributed by atoms with Gasteiger partial charge in [-0.25, -0.2) is 9.38 Å². The SMILES string of the molecule is CCCS(=O)(=O)Oc1ccc(C2(c3ccc(F)c(Br)c3)N=C(N)N(C)C2=O)cc1. The van der Waals surface area contributed by atoms with E-state index in [-0.39, 0.29) is 21.9 Å². The van der Waals surface area contributed by atoms with E-state index in [2.05, 4.69) is 20.9 Å². The summed E-state index contributed by atoms with van der Waals surface area (Å²) in [6.45, 7) is 1.74. The molecule has 29 heavy (non-hydrogen) atoms. The number of aliphatic imine (C=N–C) groups is 1. The number of halogens is 2. The van der Waals surface area contributed by atoms with Crippen LogP contribution in [0.2, 0.25) is 0 Å². The van der Waals surface area contributed by atoms with Crippen LogP contribution < -0.4 is 9.92 Å². The van der Waals surface area contributed by atoms with E-state index in [9.17, 15) is 17.6 Å². The Hall–Kier alpha value is -2.46. The van der Waals surface area contributed by atoms with Crippen molar-refractivity contribution < 1.29 is 21.8 Å². The highest BCUT2D eigenvalue weighted by molar-refractivity contribution is 9.10. The Bertz CT molecular complexity index is 1090. The number of guanidine groups is 1. The van der Waals surface area contributed by atoms with Gasteiger partial charge < -0.3 is 9.92 Å². The standard InChI is InChI=1S/C19H19BrFN3O4S/c1-3-10-29(26,27)28-14-7-4-12(5-8-14)19(17(25)24(2)18(22)23-19)13-6-9-16(21)15(20)11-13/h4-9,11H,3,10H2,1-2H3,(H2,22,23). The van der Waals surface area contributed by atoms with Gasteiger partial charge in [-0.3, -0.25) is 9.69 Å². The molecule has 1 aliphatic heterocycles. The van der Waals surface area contributed by atoms with Crippen LogP contribution in [0.25, 0.3) is 0 Å². The van der Waals surface area contributed by atoms with Gasteiger partial charge in [0.05, 0.1) is 10.2 Å². The van der Waals surface area contributed by atoms with Gasteiger partial charge in [0.2, 0.25) is 0 Å². The second-order valence-corrected chi connectivity index (χ2v) is 9.09. The first kappa shape index (κ1) is 21.3. The molecule has 0 aromatic heterocycles. The number of nitrogens with zero attached hydrogens (tertiary/aromatic N) is 2. The molecule has 1 amide bonds. The summed E-state index contributed by atoms with van der Waals surface area (Å²) in [6.07, 6.45) is 0.428. The van der Waals surface area contributed by atoms with Gasteiger partial charge >= 0.3 is 10.1 Å². The summed E-state index contributed by atoms with van der Waals surface area (Å²) >= 11 is 3.13. The van der Waals surface area contributed by atoms with Crippen LogP contribution in [-0.4, -0.2) is 38.0 Å². The van der Waals surface area contributed by atoms with Crippen LogP contribution in [0.3, 0.4) is 0 Å². The average Bonchev–Trinajstić information content (AvgIpc) is 2.89. The molecule has 0 bridgehead atoms. The van der Waals surface area contributed by atoms with Gasteiger partial charge in [0.25, 0.3) is 5.91 Å². The first-order chi connectivity index (χ1) is 13.6. The number of rotatable bonds is 6. The van der Waals surface area contributed by atoms with Gasteiger partial charge in [0, 0.05) is 7.05 Å². The molecule has 0 radical (unpaired) electrons. The number of hydrogen-bond donors (Lipinski definition) is 1. The number of likely N-dealkylation sites (N-methyl/N-ethyl adjacent to an activating group) is 1. The lowest BCUT2D eigenvalue weighted by atomic mass is 9.83. The number of benzene rings is 2. The Morgan fingerprint density at radius 3 is 2.34 bits per heavy atom. The Morgan fingerprint density at radius 2 is 1.83 bits per heavy atom. The van der Waals surface area contributed by atoms with E-state index in [0.717, 1.165) is 0 Å². The zero-order chi connectivity index (χ0) is 21.4. The Kier molecular flexibility index (Phi) is 5.68. The van der Waals surface area contributed by atoms with Gasteiger partial charge in [-0.1, -0.05) is 25.1 Å². The molecule has 1 atom stereocenters. The second kappa shape index (κ2) is 7.75. The van der Waals surface area contributed by atoms with Crippen molar-refractivity contribution in [2.24, 2.45) is 10.7 Å². The zero-order valence-corrected chi connectivity index (χ0v) is 18.1. The molecule has 7 nitrogen and oxygen atoms in total. The minimum absolute atomic E-state index is 0.0151. The molecule has 0 saturated heterocycles. The van der Waals surface area contributed by atoms with E-state index in [1.807, 2.05) is 0 Å². The summed E-state index contributed by atoms with van der Waals surface area (Å²) in [7, 11) is -2.20. The molecule has 154 valence electrons. The lowest BCUT2D eigenvalue weighted by Crippen LogP contribution is -2.41. The predicted molar refractivity (Wildman–Crippen MR) is 110 cm³/mol. The van der Waals surface area contributed by atoms with Crippen LogP contribution in [0.5, 0.6) is 5.75 Å². The van der Waals surface area contributed by atoms with Crippen molar-refractivity contribution in [3.05, 3.63) is 63.9 Å². The molecule has 10 heteroatoms. The lowest BCUT2D eigenvalue weighted by Gasteiger charge is -2.26. The molecule has 3 rings (SSSR count). The van der Waals surface area contributed by atoms with Crippen molar-refractivity contribution in [2.75, 3.05) is 12.8 Å². The van der Waals surface area contributed by atoms with E-state index in [1.54, 1.807) is 19.1 Å². The minimum atomic E-state index is -3.69. The molecule has 0 spiro atoms. The van der Waals surface area contributed by atoms with E-state index in [0.29, 0.717) is 17.5 Å². The topological polar surface area (TPSA) is 102 Å².